The third-order valence-electron chi connectivity index (χ3n) is 4.33. The molecule has 2 aliphatic rings. The SMILES string of the molecule is COC(=O)[C@H]1C[C@@H](NC(=O)[C@@]2(C)CC(c3cc(F)cc(F)c3)=NO2)CO1. The smallest absolute Gasteiger partial charge is 0.335 e. The minimum atomic E-state index is -1.32. The molecule has 1 fully saturated rings. The standard InChI is InChI=1S/C17H18F2N2O5/c1-17(16(23)20-12-6-14(25-8-12)15(22)24-2)7-13(21-26-17)9-3-10(18)5-11(19)4-9/h3-5,12,14H,6-8H2,1-2H3,(H,20,23)/t12-,14-,17-/m1/s1. The van der Waals surface area contributed by atoms with Crippen molar-refractivity contribution < 1.29 is 32.7 Å². The van der Waals surface area contributed by atoms with Gasteiger partial charge in [-0.3, -0.25) is 4.79 Å². The Morgan fingerprint density at radius 3 is 2.65 bits per heavy atom. The molecule has 0 aliphatic carbocycles. The number of esters is 1. The van der Waals surface area contributed by atoms with Crippen LogP contribution in [-0.4, -0.2) is 49.1 Å². The Labute approximate surface area is 148 Å². The van der Waals surface area contributed by atoms with Gasteiger partial charge >= 0.3 is 5.97 Å². The average Bonchev–Trinajstić information content (AvgIpc) is 3.21. The molecule has 0 radical (unpaired) electrons. The van der Waals surface area contributed by atoms with Gasteiger partial charge in [-0.1, -0.05) is 5.16 Å². The van der Waals surface area contributed by atoms with E-state index < -0.39 is 35.2 Å². The van der Waals surface area contributed by atoms with Crippen LogP contribution in [0.1, 0.15) is 25.3 Å². The minimum absolute atomic E-state index is 0.0513. The molecule has 2 heterocycles. The molecule has 1 N–H and O–H groups in total. The highest BCUT2D eigenvalue weighted by Crippen LogP contribution is 2.28. The number of benzene rings is 1. The molecule has 7 nitrogen and oxygen atoms in total. The summed E-state index contributed by atoms with van der Waals surface area (Å²) in [5.74, 6) is -2.42. The van der Waals surface area contributed by atoms with Gasteiger partial charge < -0.3 is 19.6 Å². The monoisotopic (exact) mass is 368 g/mol. The Kier molecular flexibility index (Phi) is 4.90. The number of carbonyl (C=O) groups excluding carboxylic acids is 2. The highest BCUT2D eigenvalue weighted by molar-refractivity contribution is 6.05. The van der Waals surface area contributed by atoms with Crippen molar-refractivity contribution in [3.8, 4) is 0 Å². The Balaban J connectivity index is 1.62. The van der Waals surface area contributed by atoms with Crippen LogP contribution in [0.25, 0.3) is 0 Å². The first-order valence-corrected chi connectivity index (χ1v) is 8.02. The molecule has 0 aromatic heterocycles. The van der Waals surface area contributed by atoms with Crippen LogP contribution in [0.2, 0.25) is 0 Å². The number of hydrogen-bond donors (Lipinski definition) is 1. The summed E-state index contributed by atoms with van der Waals surface area (Å²) in [6.07, 6.45) is -0.378. The summed E-state index contributed by atoms with van der Waals surface area (Å²) in [7, 11) is 1.26. The van der Waals surface area contributed by atoms with E-state index in [2.05, 4.69) is 15.2 Å². The van der Waals surface area contributed by atoms with Crippen LogP contribution < -0.4 is 5.32 Å². The first kappa shape index (κ1) is 18.2. The highest BCUT2D eigenvalue weighted by Gasteiger charge is 2.44. The molecular weight excluding hydrogens is 350 g/mol. The Hall–Kier alpha value is -2.55. The van der Waals surface area contributed by atoms with Gasteiger partial charge in [0, 0.05) is 24.5 Å². The molecule has 1 aromatic carbocycles. The number of nitrogens with zero attached hydrogens (tertiary/aromatic N) is 1. The van der Waals surface area contributed by atoms with Gasteiger partial charge in [-0.25, -0.2) is 13.6 Å². The summed E-state index contributed by atoms with van der Waals surface area (Å²) < 4.78 is 36.6. The van der Waals surface area contributed by atoms with Crippen molar-refractivity contribution in [3.63, 3.8) is 0 Å². The van der Waals surface area contributed by atoms with E-state index in [9.17, 15) is 18.4 Å². The van der Waals surface area contributed by atoms with Gasteiger partial charge in [-0.15, -0.1) is 0 Å². The van der Waals surface area contributed by atoms with Crippen molar-refractivity contribution in [2.45, 2.75) is 37.5 Å². The molecular formula is C17H18F2N2O5. The zero-order chi connectivity index (χ0) is 18.9. The fourth-order valence-corrected chi connectivity index (χ4v) is 2.90. The molecule has 140 valence electrons. The lowest BCUT2D eigenvalue weighted by Gasteiger charge is -2.22. The van der Waals surface area contributed by atoms with Gasteiger partial charge in [0.1, 0.15) is 11.6 Å². The molecule has 3 rings (SSSR count). The maximum atomic E-state index is 13.4. The number of hydrogen-bond acceptors (Lipinski definition) is 6. The lowest BCUT2D eigenvalue weighted by atomic mass is 9.94. The molecule has 0 saturated carbocycles. The van der Waals surface area contributed by atoms with Crippen LogP contribution in [0.4, 0.5) is 8.78 Å². The van der Waals surface area contributed by atoms with E-state index in [4.69, 9.17) is 9.57 Å². The van der Waals surface area contributed by atoms with Crippen molar-refractivity contribution in [3.05, 3.63) is 35.4 Å². The summed E-state index contributed by atoms with van der Waals surface area (Å²) >= 11 is 0. The van der Waals surface area contributed by atoms with E-state index in [1.807, 2.05) is 0 Å². The molecule has 26 heavy (non-hydrogen) atoms. The molecule has 2 aliphatic heterocycles. The van der Waals surface area contributed by atoms with Crippen LogP contribution in [0.15, 0.2) is 23.4 Å². The summed E-state index contributed by atoms with van der Waals surface area (Å²) in [5, 5.41) is 6.56. The van der Waals surface area contributed by atoms with Crippen molar-refractivity contribution >= 4 is 17.6 Å². The van der Waals surface area contributed by atoms with Crippen LogP contribution >= 0.6 is 0 Å². The number of methoxy groups -OCH3 is 1. The second kappa shape index (κ2) is 6.99. The zero-order valence-electron chi connectivity index (χ0n) is 14.3. The molecule has 9 heteroatoms. The van der Waals surface area contributed by atoms with E-state index in [0.29, 0.717) is 0 Å². The molecule has 1 saturated heterocycles. The Morgan fingerprint density at radius 1 is 1.31 bits per heavy atom. The number of rotatable bonds is 4. The molecule has 0 unspecified atom stereocenters. The number of halogens is 2. The summed E-state index contributed by atoms with van der Waals surface area (Å²) in [5.41, 5.74) is -0.827. The van der Waals surface area contributed by atoms with Gasteiger partial charge in [-0.2, -0.15) is 0 Å². The Bertz CT molecular complexity index is 749. The molecule has 0 bridgehead atoms. The number of ether oxygens (including phenoxy) is 2. The second-order valence-electron chi connectivity index (χ2n) is 6.45. The summed E-state index contributed by atoms with van der Waals surface area (Å²) in [6.45, 7) is 1.70. The number of nitrogens with one attached hydrogen (secondary N) is 1. The first-order valence-electron chi connectivity index (χ1n) is 8.02. The topological polar surface area (TPSA) is 86.2 Å². The fourth-order valence-electron chi connectivity index (χ4n) is 2.90. The summed E-state index contributed by atoms with van der Waals surface area (Å²) in [6, 6.07) is 2.63. The van der Waals surface area contributed by atoms with Gasteiger partial charge in [0.25, 0.3) is 5.91 Å². The molecule has 0 spiro atoms. The maximum Gasteiger partial charge on any atom is 0.335 e. The van der Waals surface area contributed by atoms with Crippen LogP contribution in [0.5, 0.6) is 0 Å². The molecule has 1 aromatic rings. The van der Waals surface area contributed by atoms with Crippen molar-refractivity contribution in [2.75, 3.05) is 13.7 Å². The van der Waals surface area contributed by atoms with Gasteiger partial charge in [0.05, 0.1) is 25.5 Å². The van der Waals surface area contributed by atoms with Crippen molar-refractivity contribution in [2.24, 2.45) is 5.16 Å². The minimum Gasteiger partial charge on any atom is -0.467 e. The Morgan fingerprint density at radius 2 is 2.00 bits per heavy atom. The fraction of sp³-hybridized carbons (Fsp3) is 0.471. The predicted octanol–water partition coefficient (Wildman–Crippen LogP) is 1.29. The normalized spacial score (nSPS) is 27.6. The van der Waals surface area contributed by atoms with E-state index in [1.165, 1.54) is 14.0 Å². The van der Waals surface area contributed by atoms with Crippen LogP contribution in [-0.2, 0) is 23.9 Å². The number of oxime groups is 1. The van der Waals surface area contributed by atoms with E-state index in [-0.39, 0.29) is 36.8 Å². The summed E-state index contributed by atoms with van der Waals surface area (Å²) in [4.78, 5) is 29.3. The first-order chi connectivity index (χ1) is 12.3. The lowest BCUT2D eigenvalue weighted by molar-refractivity contribution is -0.151. The second-order valence-corrected chi connectivity index (χ2v) is 6.45. The van der Waals surface area contributed by atoms with E-state index in [1.54, 1.807) is 0 Å². The van der Waals surface area contributed by atoms with Crippen LogP contribution in [0, 0.1) is 11.6 Å². The lowest BCUT2D eigenvalue weighted by Crippen LogP contribution is -2.49. The third kappa shape index (κ3) is 3.67. The predicted molar refractivity (Wildman–Crippen MR) is 85.3 cm³/mol. The zero-order valence-corrected chi connectivity index (χ0v) is 14.3. The van der Waals surface area contributed by atoms with Crippen molar-refractivity contribution in [1.29, 1.82) is 0 Å². The highest BCUT2D eigenvalue weighted by atomic mass is 19.1. The quantitative estimate of drug-likeness (QED) is 0.810. The van der Waals surface area contributed by atoms with Gasteiger partial charge in [0.2, 0.25) is 5.60 Å². The van der Waals surface area contributed by atoms with Gasteiger partial charge in [0.15, 0.2) is 6.10 Å². The molecule has 3 atom stereocenters. The van der Waals surface area contributed by atoms with Gasteiger partial charge in [-0.05, 0) is 19.1 Å². The van der Waals surface area contributed by atoms with Crippen LogP contribution in [0.3, 0.4) is 0 Å². The largest absolute Gasteiger partial charge is 0.467 e. The van der Waals surface area contributed by atoms with E-state index >= 15 is 0 Å². The molecule has 1 amide bonds. The number of carbonyl (C=O) groups is 2. The van der Waals surface area contributed by atoms with E-state index in [0.717, 1.165) is 18.2 Å². The number of amides is 1. The third-order valence-corrected chi connectivity index (χ3v) is 4.33. The maximum absolute atomic E-state index is 13.4. The van der Waals surface area contributed by atoms with Crippen molar-refractivity contribution in [1.82, 2.24) is 5.32 Å². The average molecular weight is 368 g/mol.